The third-order valence-corrected chi connectivity index (χ3v) is 8.57. The van der Waals surface area contributed by atoms with Gasteiger partial charge in [-0.3, -0.25) is 15.0 Å². The lowest BCUT2D eigenvalue weighted by Gasteiger charge is -2.25. The molecule has 0 bridgehead atoms. The molecule has 10 heteroatoms. The maximum Gasteiger partial charge on any atom is 0.328 e. The number of hydrogen-bond acceptors (Lipinski definition) is 7. The van der Waals surface area contributed by atoms with Crippen molar-refractivity contribution in [1.29, 1.82) is 0 Å². The van der Waals surface area contributed by atoms with Crippen LogP contribution in [0.5, 0.6) is 11.6 Å². The molecule has 2 aromatic heterocycles. The molecule has 0 radical (unpaired) electrons. The quantitative estimate of drug-likeness (QED) is 0.348. The summed E-state index contributed by atoms with van der Waals surface area (Å²) in [6, 6.07) is 19.5. The molecular weight excluding hydrogens is 526 g/mol. The monoisotopic (exact) mass is 557 g/mol. The molecule has 6 rings (SSSR count). The van der Waals surface area contributed by atoms with E-state index < -0.39 is 0 Å². The Balaban J connectivity index is 1.26. The number of amides is 3. The number of carbonyl (C=O) groups is 2. The average Bonchev–Trinajstić information content (AvgIpc) is 3.64. The van der Waals surface area contributed by atoms with Gasteiger partial charge in [0.2, 0.25) is 11.8 Å². The van der Waals surface area contributed by atoms with E-state index in [-0.39, 0.29) is 23.5 Å². The van der Waals surface area contributed by atoms with Crippen molar-refractivity contribution in [2.45, 2.75) is 38.2 Å². The molecule has 1 spiro atoms. The molecule has 2 atom stereocenters. The molecule has 1 fully saturated rings. The van der Waals surface area contributed by atoms with E-state index in [1.807, 2.05) is 41.3 Å². The number of hydrogen-bond donors (Lipinski definition) is 1. The summed E-state index contributed by atoms with van der Waals surface area (Å²) in [7, 11) is 1.56. The Morgan fingerprint density at radius 3 is 2.67 bits per heavy atom. The third-order valence-electron chi connectivity index (χ3n) is 7.69. The van der Waals surface area contributed by atoms with Crippen molar-refractivity contribution in [2.24, 2.45) is 0 Å². The van der Waals surface area contributed by atoms with E-state index in [4.69, 9.17) is 9.47 Å². The van der Waals surface area contributed by atoms with Gasteiger partial charge in [-0.25, -0.2) is 14.8 Å². The van der Waals surface area contributed by atoms with Crippen LogP contribution in [0, 0.1) is 0 Å². The minimum absolute atomic E-state index is 0.0271. The van der Waals surface area contributed by atoms with E-state index >= 15 is 0 Å². The largest absolute Gasteiger partial charge is 0.490 e. The maximum absolute atomic E-state index is 13.6. The summed E-state index contributed by atoms with van der Waals surface area (Å²) >= 11 is 1.30. The molecular formula is C30H31N5O4S. The van der Waals surface area contributed by atoms with E-state index in [2.05, 4.69) is 40.4 Å². The van der Waals surface area contributed by atoms with Crippen LogP contribution in [0.2, 0.25) is 0 Å². The molecule has 40 heavy (non-hydrogen) atoms. The number of thiazole rings is 1. The van der Waals surface area contributed by atoms with Crippen LogP contribution < -0.4 is 19.7 Å². The zero-order valence-electron chi connectivity index (χ0n) is 22.7. The van der Waals surface area contributed by atoms with Crippen LogP contribution in [0.3, 0.4) is 0 Å². The highest BCUT2D eigenvalue weighted by Gasteiger charge is 2.49. The van der Waals surface area contributed by atoms with Crippen LogP contribution in [0.25, 0.3) is 10.3 Å². The Hall–Kier alpha value is -4.18. The predicted octanol–water partition coefficient (Wildman–Crippen LogP) is 5.25. The van der Waals surface area contributed by atoms with Crippen LogP contribution in [0.1, 0.15) is 31.4 Å². The first-order chi connectivity index (χ1) is 19.3. The average molecular weight is 558 g/mol. The molecule has 2 aromatic carbocycles. The standard InChI is InChI=1S/C30H31N5O4S/c1-19(15-21-7-5-4-6-8-21)39-22-9-11-25-23(16-22)30(13-14-34(17-30)20(2)36)18-35(25)29(37)33-28-31-24-10-12-26(38-3)32-27(24)40-28/h4-12,16,19H,13-15,17-18H2,1-3H3,(H,31,33,37). The molecule has 4 aromatic rings. The Labute approximate surface area is 236 Å². The topological polar surface area (TPSA) is 96.9 Å². The lowest BCUT2D eigenvalue weighted by Crippen LogP contribution is -2.41. The summed E-state index contributed by atoms with van der Waals surface area (Å²) in [5.41, 5.74) is 3.41. The fourth-order valence-electron chi connectivity index (χ4n) is 5.74. The van der Waals surface area contributed by atoms with Gasteiger partial charge in [0.25, 0.3) is 0 Å². The van der Waals surface area contributed by atoms with Crippen molar-refractivity contribution in [3.63, 3.8) is 0 Å². The van der Waals surface area contributed by atoms with Crippen molar-refractivity contribution < 1.29 is 19.1 Å². The molecule has 4 heterocycles. The Morgan fingerprint density at radius 1 is 1.10 bits per heavy atom. The van der Waals surface area contributed by atoms with E-state index in [1.54, 1.807) is 25.0 Å². The summed E-state index contributed by atoms with van der Waals surface area (Å²) in [5.74, 6) is 1.30. The van der Waals surface area contributed by atoms with Crippen molar-refractivity contribution in [3.8, 4) is 11.6 Å². The van der Waals surface area contributed by atoms with Crippen molar-refractivity contribution in [2.75, 3.05) is 37.0 Å². The summed E-state index contributed by atoms with van der Waals surface area (Å²) in [6.07, 6.45) is 1.54. The molecule has 0 saturated carbocycles. The van der Waals surface area contributed by atoms with Crippen molar-refractivity contribution in [3.05, 3.63) is 71.8 Å². The number of pyridine rings is 1. The van der Waals surface area contributed by atoms with E-state index in [9.17, 15) is 9.59 Å². The highest BCUT2D eigenvalue weighted by molar-refractivity contribution is 7.22. The Morgan fingerprint density at radius 2 is 1.93 bits per heavy atom. The van der Waals surface area contributed by atoms with Gasteiger partial charge in [-0.15, -0.1) is 0 Å². The first kappa shape index (κ1) is 26.1. The predicted molar refractivity (Wildman–Crippen MR) is 156 cm³/mol. The lowest BCUT2D eigenvalue weighted by atomic mass is 9.81. The van der Waals surface area contributed by atoms with Gasteiger partial charge >= 0.3 is 6.03 Å². The van der Waals surface area contributed by atoms with Crippen LogP contribution in [-0.2, 0) is 16.6 Å². The van der Waals surface area contributed by atoms with Crippen LogP contribution >= 0.6 is 11.3 Å². The number of anilines is 2. The van der Waals surface area contributed by atoms with E-state index in [0.29, 0.717) is 41.0 Å². The molecule has 9 nitrogen and oxygen atoms in total. The van der Waals surface area contributed by atoms with Crippen LogP contribution in [0.15, 0.2) is 60.7 Å². The molecule has 3 amide bonds. The second kappa shape index (κ2) is 10.4. The van der Waals surface area contributed by atoms with E-state index in [0.717, 1.165) is 29.8 Å². The van der Waals surface area contributed by atoms with Gasteiger partial charge < -0.3 is 14.4 Å². The number of fused-ring (bicyclic) bond motifs is 3. The third kappa shape index (κ3) is 4.95. The fourth-order valence-corrected chi connectivity index (χ4v) is 6.56. The van der Waals surface area contributed by atoms with Crippen LogP contribution in [0.4, 0.5) is 15.6 Å². The van der Waals surface area contributed by atoms with Gasteiger partial charge in [0.1, 0.15) is 16.1 Å². The van der Waals surface area contributed by atoms with Crippen LogP contribution in [-0.4, -0.2) is 59.7 Å². The van der Waals surface area contributed by atoms with Gasteiger partial charge in [-0.1, -0.05) is 41.7 Å². The highest BCUT2D eigenvalue weighted by atomic mass is 32.1. The zero-order chi connectivity index (χ0) is 27.9. The van der Waals surface area contributed by atoms with Crippen molar-refractivity contribution >= 4 is 44.4 Å². The van der Waals surface area contributed by atoms with E-state index in [1.165, 1.54) is 16.9 Å². The Kier molecular flexibility index (Phi) is 6.79. The van der Waals surface area contributed by atoms with Gasteiger partial charge in [0, 0.05) is 50.1 Å². The molecule has 1 saturated heterocycles. The molecule has 2 unspecified atom stereocenters. The molecule has 206 valence electrons. The number of rotatable bonds is 6. The second-order valence-electron chi connectivity index (χ2n) is 10.5. The Bertz CT molecular complexity index is 1580. The number of likely N-dealkylation sites (tertiary alicyclic amines) is 1. The number of urea groups is 1. The van der Waals surface area contributed by atoms with Crippen molar-refractivity contribution in [1.82, 2.24) is 14.9 Å². The normalized spacial score (nSPS) is 18.7. The SMILES string of the molecule is COc1ccc2nc(NC(=O)N3CC4(CCN(C(C)=O)C4)c4cc(OC(C)Cc5ccccc5)ccc43)sc2n1. The molecule has 0 aliphatic carbocycles. The minimum Gasteiger partial charge on any atom is -0.490 e. The molecule has 2 aliphatic rings. The number of ether oxygens (including phenoxy) is 2. The molecule has 2 aliphatic heterocycles. The summed E-state index contributed by atoms with van der Waals surface area (Å²) < 4.78 is 11.5. The van der Waals surface area contributed by atoms with Gasteiger partial charge in [-0.05, 0) is 48.7 Å². The number of carbonyl (C=O) groups excluding carboxylic acids is 2. The van der Waals surface area contributed by atoms with Gasteiger partial charge in [-0.2, -0.15) is 0 Å². The van der Waals surface area contributed by atoms with Gasteiger partial charge in [0.05, 0.1) is 13.2 Å². The number of nitrogens with one attached hydrogen (secondary N) is 1. The first-order valence-corrected chi connectivity index (χ1v) is 14.2. The molecule has 1 N–H and O–H groups in total. The lowest BCUT2D eigenvalue weighted by molar-refractivity contribution is -0.127. The zero-order valence-corrected chi connectivity index (χ0v) is 23.5. The number of nitrogens with zero attached hydrogens (tertiary/aromatic N) is 4. The first-order valence-electron chi connectivity index (χ1n) is 13.3. The summed E-state index contributed by atoms with van der Waals surface area (Å²) in [6.45, 7) is 5.35. The van der Waals surface area contributed by atoms with Gasteiger partial charge in [0.15, 0.2) is 5.13 Å². The minimum atomic E-state index is -0.358. The highest BCUT2D eigenvalue weighted by Crippen LogP contribution is 2.48. The number of benzene rings is 2. The maximum atomic E-state index is 13.6. The smallest absolute Gasteiger partial charge is 0.328 e. The summed E-state index contributed by atoms with van der Waals surface area (Å²) in [5, 5.41) is 3.44. The second-order valence-corrected chi connectivity index (χ2v) is 11.5. The summed E-state index contributed by atoms with van der Waals surface area (Å²) in [4.78, 5) is 39.1. The number of methoxy groups -OCH3 is 1. The number of aromatic nitrogens is 2. The fraction of sp³-hybridized carbons (Fsp3) is 0.333.